The molecule has 0 aliphatic rings. The summed E-state index contributed by atoms with van der Waals surface area (Å²) in [6, 6.07) is 10.6. The summed E-state index contributed by atoms with van der Waals surface area (Å²) < 4.78 is 11.7. The van der Waals surface area contributed by atoms with Gasteiger partial charge in [-0.15, -0.1) is 0 Å². The number of amides is 1. The molecule has 3 N–H and O–H groups in total. The minimum Gasteiger partial charge on any atom is -0.490 e. The summed E-state index contributed by atoms with van der Waals surface area (Å²) in [6.45, 7) is 6.77. The number of aromatic nitrogens is 1. The van der Waals surface area contributed by atoms with Crippen LogP contribution in [-0.2, 0) is 11.3 Å². The molecule has 26 heavy (non-hydrogen) atoms. The van der Waals surface area contributed by atoms with Gasteiger partial charge in [-0.25, -0.2) is 4.98 Å². The second-order valence-corrected chi connectivity index (χ2v) is 6.35. The molecule has 1 atom stereocenters. The third-order valence-corrected chi connectivity index (χ3v) is 3.84. The first-order chi connectivity index (χ1) is 12.5. The van der Waals surface area contributed by atoms with Gasteiger partial charge in [0.2, 0.25) is 11.8 Å². The number of nitrogens with two attached hydrogens (primary N) is 1. The van der Waals surface area contributed by atoms with Crippen molar-refractivity contribution in [3.63, 3.8) is 0 Å². The third kappa shape index (κ3) is 5.46. The topological polar surface area (TPSA) is 86.5 Å². The molecular formula is C20H27N3O3. The molecule has 1 aromatic carbocycles. The minimum atomic E-state index is -0.542. The summed E-state index contributed by atoms with van der Waals surface area (Å²) in [6.07, 6.45) is 2.56. The van der Waals surface area contributed by atoms with Crippen LogP contribution < -0.4 is 20.5 Å². The van der Waals surface area contributed by atoms with Crippen molar-refractivity contribution in [2.45, 2.75) is 39.8 Å². The maximum atomic E-state index is 12.1. The Labute approximate surface area is 154 Å². The second kappa shape index (κ2) is 9.77. The van der Waals surface area contributed by atoms with Crippen molar-refractivity contribution in [1.82, 2.24) is 10.3 Å². The second-order valence-electron chi connectivity index (χ2n) is 6.35. The number of carbonyl (C=O) groups excluding carboxylic acids is 1. The molecule has 0 saturated heterocycles. The highest BCUT2D eigenvalue weighted by atomic mass is 16.5. The fraction of sp³-hybridized carbons (Fsp3) is 0.400. The molecule has 0 fully saturated rings. The van der Waals surface area contributed by atoms with E-state index in [-0.39, 0.29) is 11.8 Å². The number of nitrogens with one attached hydrogen (secondary N) is 1. The summed E-state index contributed by atoms with van der Waals surface area (Å²) in [4.78, 5) is 16.4. The minimum absolute atomic E-state index is 0.0715. The number of pyridine rings is 1. The highest BCUT2D eigenvalue weighted by molar-refractivity contribution is 5.81. The maximum Gasteiger partial charge on any atom is 0.237 e. The van der Waals surface area contributed by atoms with Gasteiger partial charge in [-0.2, -0.15) is 0 Å². The number of carbonyl (C=O) groups is 1. The zero-order valence-electron chi connectivity index (χ0n) is 15.6. The van der Waals surface area contributed by atoms with E-state index in [1.54, 1.807) is 12.3 Å². The number of para-hydroxylation sites is 2. The van der Waals surface area contributed by atoms with Crippen LogP contribution in [0.4, 0.5) is 0 Å². The smallest absolute Gasteiger partial charge is 0.237 e. The van der Waals surface area contributed by atoms with Gasteiger partial charge in [-0.1, -0.05) is 39.0 Å². The van der Waals surface area contributed by atoms with E-state index in [1.165, 1.54) is 0 Å². The zero-order valence-corrected chi connectivity index (χ0v) is 15.6. The molecule has 0 aliphatic carbocycles. The van der Waals surface area contributed by atoms with Crippen LogP contribution in [-0.4, -0.2) is 23.5 Å². The zero-order chi connectivity index (χ0) is 18.9. The molecule has 0 radical (unpaired) electrons. The Kier molecular flexibility index (Phi) is 7.41. The number of hydrogen-bond acceptors (Lipinski definition) is 5. The normalized spacial score (nSPS) is 11.9. The lowest BCUT2D eigenvalue weighted by Gasteiger charge is -2.17. The molecule has 6 heteroatoms. The lowest BCUT2D eigenvalue weighted by Crippen LogP contribution is -2.43. The van der Waals surface area contributed by atoms with Gasteiger partial charge < -0.3 is 20.5 Å². The lowest BCUT2D eigenvalue weighted by molar-refractivity contribution is -0.123. The molecule has 0 bridgehead atoms. The van der Waals surface area contributed by atoms with Crippen molar-refractivity contribution in [2.24, 2.45) is 11.7 Å². The largest absolute Gasteiger partial charge is 0.490 e. The summed E-state index contributed by atoms with van der Waals surface area (Å²) in [7, 11) is 0. The standard InChI is InChI=1S/C20H27N3O3/c1-4-12-25-16-9-5-6-10-17(16)26-20-15(8-7-11-22-20)13-23-19(24)18(21)14(2)3/h5-11,14,18H,4,12-13,21H2,1-3H3,(H,23,24)/t18-/m0/s1. The third-order valence-electron chi connectivity index (χ3n) is 3.84. The summed E-state index contributed by atoms with van der Waals surface area (Å²) in [5.41, 5.74) is 6.64. The van der Waals surface area contributed by atoms with E-state index < -0.39 is 6.04 Å². The van der Waals surface area contributed by atoms with E-state index in [1.807, 2.05) is 51.1 Å². The molecule has 1 amide bonds. The van der Waals surface area contributed by atoms with Crippen LogP contribution in [0.25, 0.3) is 0 Å². The molecule has 2 rings (SSSR count). The van der Waals surface area contributed by atoms with Gasteiger partial charge in [0.05, 0.1) is 12.6 Å². The van der Waals surface area contributed by atoms with Crippen LogP contribution in [0.2, 0.25) is 0 Å². The van der Waals surface area contributed by atoms with Crippen LogP contribution in [0, 0.1) is 5.92 Å². The van der Waals surface area contributed by atoms with Gasteiger partial charge in [0.25, 0.3) is 0 Å². The molecule has 0 saturated carbocycles. The van der Waals surface area contributed by atoms with Crippen LogP contribution in [0.1, 0.15) is 32.8 Å². The molecule has 1 aromatic heterocycles. The Hall–Kier alpha value is -2.60. The van der Waals surface area contributed by atoms with E-state index in [0.717, 1.165) is 12.0 Å². The van der Waals surface area contributed by atoms with E-state index in [9.17, 15) is 4.79 Å². The molecule has 2 aromatic rings. The molecular weight excluding hydrogens is 330 g/mol. The molecule has 140 valence electrons. The Balaban J connectivity index is 2.11. The molecule has 6 nitrogen and oxygen atoms in total. The highest BCUT2D eigenvalue weighted by Gasteiger charge is 2.18. The van der Waals surface area contributed by atoms with Gasteiger partial charge in [0, 0.05) is 18.3 Å². The number of ether oxygens (including phenoxy) is 2. The van der Waals surface area contributed by atoms with Crippen LogP contribution in [0.5, 0.6) is 17.4 Å². The Morgan fingerprint density at radius 3 is 2.62 bits per heavy atom. The molecule has 0 unspecified atom stereocenters. The summed E-state index contributed by atoms with van der Waals surface area (Å²) >= 11 is 0. The number of nitrogens with zero attached hydrogens (tertiary/aromatic N) is 1. The van der Waals surface area contributed by atoms with Gasteiger partial charge in [0.15, 0.2) is 11.5 Å². The van der Waals surface area contributed by atoms with Gasteiger partial charge in [-0.3, -0.25) is 4.79 Å². The van der Waals surface area contributed by atoms with E-state index in [4.69, 9.17) is 15.2 Å². The predicted octanol–water partition coefficient (Wildman–Crippen LogP) is 3.26. The van der Waals surface area contributed by atoms with Crippen molar-refractivity contribution in [1.29, 1.82) is 0 Å². The van der Waals surface area contributed by atoms with Crippen LogP contribution in [0.15, 0.2) is 42.6 Å². The van der Waals surface area contributed by atoms with Crippen molar-refractivity contribution in [3.8, 4) is 17.4 Å². The van der Waals surface area contributed by atoms with Gasteiger partial charge >= 0.3 is 0 Å². The summed E-state index contributed by atoms with van der Waals surface area (Å²) in [5, 5.41) is 2.84. The monoisotopic (exact) mass is 357 g/mol. The average molecular weight is 357 g/mol. The summed E-state index contributed by atoms with van der Waals surface area (Å²) in [5.74, 6) is 1.56. The number of benzene rings is 1. The number of hydrogen-bond donors (Lipinski definition) is 2. The average Bonchev–Trinajstić information content (AvgIpc) is 2.65. The van der Waals surface area contributed by atoms with E-state index >= 15 is 0 Å². The first kappa shape index (κ1) is 19.7. The Bertz CT molecular complexity index is 719. The van der Waals surface area contributed by atoms with Crippen LogP contribution >= 0.6 is 0 Å². The van der Waals surface area contributed by atoms with E-state index in [0.29, 0.717) is 30.5 Å². The first-order valence-corrected chi connectivity index (χ1v) is 8.89. The fourth-order valence-electron chi connectivity index (χ4n) is 2.22. The van der Waals surface area contributed by atoms with Crippen molar-refractivity contribution in [2.75, 3.05) is 6.61 Å². The van der Waals surface area contributed by atoms with Crippen molar-refractivity contribution < 1.29 is 14.3 Å². The quantitative estimate of drug-likeness (QED) is 0.719. The molecule has 1 heterocycles. The molecule has 0 aliphatic heterocycles. The molecule has 0 spiro atoms. The van der Waals surface area contributed by atoms with E-state index in [2.05, 4.69) is 10.3 Å². The highest BCUT2D eigenvalue weighted by Crippen LogP contribution is 2.31. The van der Waals surface area contributed by atoms with Crippen molar-refractivity contribution >= 4 is 5.91 Å². The van der Waals surface area contributed by atoms with Crippen molar-refractivity contribution in [3.05, 3.63) is 48.2 Å². The maximum absolute atomic E-state index is 12.1. The van der Waals surface area contributed by atoms with Gasteiger partial charge in [-0.05, 0) is 30.5 Å². The SMILES string of the molecule is CCCOc1ccccc1Oc1ncccc1CNC(=O)[C@@H](N)C(C)C. The fourth-order valence-corrected chi connectivity index (χ4v) is 2.22. The first-order valence-electron chi connectivity index (χ1n) is 8.89. The number of rotatable bonds is 9. The van der Waals surface area contributed by atoms with Crippen LogP contribution in [0.3, 0.4) is 0 Å². The Morgan fingerprint density at radius 1 is 1.19 bits per heavy atom. The van der Waals surface area contributed by atoms with Gasteiger partial charge in [0.1, 0.15) is 0 Å². The Morgan fingerprint density at radius 2 is 1.92 bits per heavy atom. The predicted molar refractivity (Wildman–Crippen MR) is 101 cm³/mol. The lowest BCUT2D eigenvalue weighted by atomic mass is 10.1.